The average Bonchev–Trinajstić information content (AvgIpc) is 2.47. The molecule has 2 rings (SSSR count). The lowest BCUT2D eigenvalue weighted by Gasteiger charge is -2.21. The predicted molar refractivity (Wildman–Crippen MR) is 75.5 cm³/mol. The zero-order valence-corrected chi connectivity index (χ0v) is 11.8. The fourth-order valence-electron chi connectivity index (χ4n) is 3.19. The second-order valence-corrected chi connectivity index (χ2v) is 6.55. The molecule has 0 radical (unpaired) electrons. The summed E-state index contributed by atoms with van der Waals surface area (Å²) < 4.78 is 0. The zero-order chi connectivity index (χ0) is 12.6. The number of benzene rings is 1. The van der Waals surface area contributed by atoms with Crippen LogP contribution < -0.4 is 5.32 Å². The minimum atomic E-state index is 0.495. The van der Waals surface area contributed by atoms with Crippen molar-refractivity contribution in [1.82, 2.24) is 0 Å². The summed E-state index contributed by atoms with van der Waals surface area (Å²) in [5.74, 6) is 0.768. The summed E-state index contributed by atoms with van der Waals surface area (Å²) in [6.07, 6.45) is 2.61. The van der Waals surface area contributed by atoms with E-state index < -0.39 is 0 Å². The maximum atomic E-state index is 3.76. The summed E-state index contributed by atoms with van der Waals surface area (Å²) in [5, 5.41) is 3.76. The molecule has 1 aliphatic carbocycles. The third-order valence-corrected chi connectivity index (χ3v) is 4.28. The van der Waals surface area contributed by atoms with Gasteiger partial charge in [0.15, 0.2) is 0 Å². The normalized spacial score (nSPS) is 27.1. The number of hydrogen-bond donors (Lipinski definition) is 1. The quantitative estimate of drug-likeness (QED) is 0.788. The van der Waals surface area contributed by atoms with Crippen LogP contribution in [0.1, 0.15) is 44.7 Å². The first-order chi connectivity index (χ1) is 7.89. The highest BCUT2D eigenvalue weighted by atomic mass is 14.9. The Morgan fingerprint density at radius 1 is 1.18 bits per heavy atom. The summed E-state index contributed by atoms with van der Waals surface area (Å²) in [6.45, 7) is 11.5. The second kappa shape index (κ2) is 4.36. The molecule has 17 heavy (non-hydrogen) atoms. The summed E-state index contributed by atoms with van der Waals surface area (Å²) in [6, 6.07) is 7.17. The molecule has 1 aromatic carbocycles. The minimum Gasteiger partial charge on any atom is -0.382 e. The van der Waals surface area contributed by atoms with Gasteiger partial charge in [0.25, 0.3) is 0 Å². The van der Waals surface area contributed by atoms with Crippen LogP contribution in [0, 0.1) is 25.2 Å². The van der Waals surface area contributed by atoms with Gasteiger partial charge in [-0.15, -0.1) is 0 Å². The highest BCUT2D eigenvalue weighted by Gasteiger charge is 2.36. The lowest BCUT2D eigenvalue weighted by atomic mass is 9.91. The molecule has 2 atom stereocenters. The Kier molecular flexibility index (Phi) is 3.20. The van der Waals surface area contributed by atoms with Crippen molar-refractivity contribution >= 4 is 5.69 Å². The van der Waals surface area contributed by atoms with Gasteiger partial charge in [-0.25, -0.2) is 0 Å². The Morgan fingerprint density at radius 2 is 1.88 bits per heavy atom. The van der Waals surface area contributed by atoms with Crippen molar-refractivity contribution in [2.75, 3.05) is 5.32 Å². The molecule has 1 saturated carbocycles. The van der Waals surface area contributed by atoms with Crippen LogP contribution in [0.15, 0.2) is 18.2 Å². The van der Waals surface area contributed by atoms with Gasteiger partial charge < -0.3 is 5.32 Å². The van der Waals surface area contributed by atoms with E-state index in [-0.39, 0.29) is 0 Å². The van der Waals surface area contributed by atoms with Gasteiger partial charge in [0, 0.05) is 11.7 Å². The number of nitrogens with one attached hydrogen (secondary N) is 1. The zero-order valence-electron chi connectivity index (χ0n) is 11.8. The van der Waals surface area contributed by atoms with Crippen LogP contribution >= 0.6 is 0 Å². The SMILES string of the molecule is Cc1cccc(NC2CC(C)(C)CC2C)c1C. The first-order valence-electron chi connectivity index (χ1n) is 6.72. The van der Waals surface area contributed by atoms with Crippen LogP contribution in [-0.2, 0) is 0 Å². The van der Waals surface area contributed by atoms with Gasteiger partial charge in [-0.05, 0) is 55.2 Å². The fraction of sp³-hybridized carbons (Fsp3) is 0.625. The third-order valence-electron chi connectivity index (χ3n) is 4.28. The number of hydrogen-bond acceptors (Lipinski definition) is 1. The smallest absolute Gasteiger partial charge is 0.0374 e. The molecule has 1 aliphatic rings. The van der Waals surface area contributed by atoms with Crippen molar-refractivity contribution < 1.29 is 0 Å². The summed E-state index contributed by atoms with van der Waals surface area (Å²) >= 11 is 0. The van der Waals surface area contributed by atoms with Crippen LogP contribution in [0.25, 0.3) is 0 Å². The molecule has 0 heterocycles. The Hall–Kier alpha value is -0.980. The van der Waals surface area contributed by atoms with Gasteiger partial charge >= 0.3 is 0 Å². The molecule has 1 aromatic rings. The van der Waals surface area contributed by atoms with Crippen molar-refractivity contribution in [3.8, 4) is 0 Å². The van der Waals surface area contributed by atoms with Gasteiger partial charge in [0.1, 0.15) is 0 Å². The molecule has 2 unspecified atom stereocenters. The molecule has 1 heteroatoms. The molecule has 0 aromatic heterocycles. The van der Waals surface area contributed by atoms with Crippen molar-refractivity contribution in [1.29, 1.82) is 0 Å². The number of aryl methyl sites for hydroxylation is 1. The standard InChI is InChI=1S/C16H25N/c1-11-7-6-8-14(13(11)3)17-15-10-16(4,5)9-12(15)2/h6-8,12,15,17H,9-10H2,1-5H3. The maximum Gasteiger partial charge on any atom is 0.0374 e. The van der Waals surface area contributed by atoms with Gasteiger partial charge in [0.05, 0.1) is 0 Å². The average molecular weight is 231 g/mol. The van der Waals surface area contributed by atoms with E-state index in [1.54, 1.807) is 0 Å². The van der Waals surface area contributed by atoms with E-state index in [0.29, 0.717) is 11.5 Å². The van der Waals surface area contributed by atoms with Crippen molar-refractivity contribution in [2.45, 2.75) is 53.5 Å². The molecule has 0 spiro atoms. The Bertz CT molecular complexity index is 406. The second-order valence-electron chi connectivity index (χ2n) is 6.55. The summed E-state index contributed by atoms with van der Waals surface area (Å²) in [4.78, 5) is 0. The Balaban J connectivity index is 2.14. The van der Waals surface area contributed by atoms with Crippen LogP contribution in [0.2, 0.25) is 0 Å². The van der Waals surface area contributed by atoms with Crippen molar-refractivity contribution in [3.05, 3.63) is 29.3 Å². The van der Waals surface area contributed by atoms with E-state index in [1.165, 1.54) is 29.7 Å². The largest absolute Gasteiger partial charge is 0.382 e. The van der Waals surface area contributed by atoms with E-state index in [2.05, 4.69) is 58.1 Å². The molecule has 0 aliphatic heterocycles. The first-order valence-corrected chi connectivity index (χ1v) is 6.72. The molecule has 0 saturated heterocycles. The van der Waals surface area contributed by atoms with Crippen LogP contribution in [0.4, 0.5) is 5.69 Å². The third kappa shape index (κ3) is 2.65. The summed E-state index contributed by atoms with van der Waals surface area (Å²) in [7, 11) is 0. The minimum absolute atomic E-state index is 0.495. The molecule has 94 valence electrons. The first kappa shape index (κ1) is 12.5. The van der Waals surface area contributed by atoms with Crippen LogP contribution in [0.3, 0.4) is 0 Å². The highest BCUT2D eigenvalue weighted by molar-refractivity contribution is 5.54. The lowest BCUT2D eigenvalue weighted by molar-refractivity contribution is 0.366. The monoisotopic (exact) mass is 231 g/mol. The molecule has 1 N–H and O–H groups in total. The lowest BCUT2D eigenvalue weighted by Crippen LogP contribution is -2.23. The van der Waals surface area contributed by atoms with Crippen molar-refractivity contribution in [2.24, 2.45) is 11.3 Å². The van der Waals surface area contributed by atoms with Crippen LogP contribution in [-0.4, -0.2) is 6.04 Å². The number of anilines is 1. The summed E-state index contributed by atoms with van der Waals surface area (Å²) in [5.41, 5.74) is 4.58. The molecule has 0 amide bonds. The maximum absolute atomic E-state index is 3.76. The predicted octanol–water partition coefficient (Wildman–Crippen LogP) is 4.54. The van der Waals surface area contributed by atoms with E-state index >= 15 is 0 Å². The van der Waals surface area contributed by atoms with Gasteiger partial charge in [-0.1, -0.05) is 32.9 Å². The molecular formula is C16H25N. The molecule has 1 fully saturated rings. The van der Waals surface area contributed by atoms with E-state index in [9.17, 15) is 0 Å². The molecule has 1 nitrogen and oxygen atoms in total. The molecular weight excluding hydrogens is 206 g/mol. The van der Waals surface area contributed by atoms with Gasteiger partial charge in [0.2, 0.25) is 0 Å². The van der Waals surface area contributed by atoms with E-state index in [0.717, 1.165) is 5.92 Å². The van der Waals surface area contributed by atoms with Crippen molar-refractivity contribution in [3.63, 3.8) is 0 Å². The van der Waals surface area contributed by atoms with E-state index in [1.807, 2.05) is 0 Å². The number of rotatable bonds is 2. The van der Waals surface area contributed by atoms with Crippen LogP contribution in [0.5, 0.6) is 0 Å². The van der Waals surface area contributed by atoms with Gasteiger partial charge in [-0.2, -0.15) is 0 Å². The Morgan fingerprint density at radius 3 is 2.47 bits per heavy atom. The molecule has 0 bridgehead atoms. The van der Waals surface area contributed by atoms with Gasteiger partial charge in [-0.3, -0.25) is 0 Å². The topological polar surface area (TPSA) is 12.0 Å². The fourth-order valence-corrected chi connectivity index (χ4v) is 3.19. The Labute approximate surface area is 106 Å². The highest BCUT2D eigenvalue weighted by Crippen LogP contribution is 2.42. The van der Waals surface area contributed by atoms with E-state index in [4.69, 9.17) is 0 Å².